The summed E-state index contributed by atoms with van der Waals surface area (Å²) in [5.41, 5.74) is -6.34. The first-order chi connectivity index (χ1) is 8.83. The van der Waals surface area contributed by atoms with E-state index in [-0.39, 0.29) is 0 Å². The normalized spacial score (nSPS) is 16.9. The third kappa shape index (κ3) is 4.82. The van der Waals surface area contributed by atoms with Crippen molar-refractivity contribution in [3.05, 3.63) is 0 Å². The Morgan fingerprint density at radius 3 is 1.52 bits per heavy atom. The van der Waals surface area contributed by atoms with E-state index in [2.05, 4.69) is 0 Å². The van der Waals surface area contributed by atoms with Gasteiger partial charge < -0.3 is 0 Å². The molecule has 0 bridgehead atoms. The van der Waals surface area contributed by atoms with Gasteiger partial charge in [0.25, 0.3) is 6.36 Å². The van der Waals surface area contributed by atoms with Crippen molar-refractivity contribution >= 4 is 10.1 Å². The molecule has 1 unspecified atom stereocenters. The number of alkyl halides is 10. The molecule has 0 saturated carbocycles. The molecule has 0 radical (unpaired) electrons. The van der Waals surface area contributed by atoms with E-state index in [1.165, 1.54) is 0 Å². The Labute approximate surface area is 108 Å². The lowest BCUT2D eigenvalue weighted by Gasteiger charge is -2.28. The van der Waals surface area contributed by atoms with Gasteiger partial charge in [0.05, 0.1) is 0 Å². The molecule has 21 heavy (non-hydrogen) atoms. The fourth-order valence-corrected chi connectivity index (χ4v) is 0.737. The van der Waals surface area contributed by atoms with Crippen LogP contribution in [0.4, 0.5) is 43.9 Å². The highest BCUT2D eigenvalue weighted by Crippen LogP contribution is 2.43. The van der Waals surface area contributed by atoms with Crippen molar-refractivity contribution in [1.82, 2.24) is 0 Å². The summed E-state index contributed by atoms with van der Waals surface area (Å²) in [7, 11) is -6.79. The zero-order chi connectivity index (χ0) is 17.5. The maximum absolute atomic E-state index is 12.5. The van der Waals surface area contributed by atoms with Gasteiger partial charge in [0, 0.05) is 0 Å². The zero-order valence-electron chi connectivity index (χ0n) is 8.85. The fraction of sp³-hybridized carbons (Fsp3) is 1.00. The van der Waals surface area contributed by atoms with E-state index in [9.17, 15) is 52.3 Å². The first-order valence-electron chi connectivity index (χ1n) is 4.03. The molecule has 0 amide bonds. The smallest absolute Gasteiger partial charge is 0.279 e. The Kier molecular flexibility index (Phi) is 5.17. The minimum absolute atomic E-state index is 1.75. The summed E-state index contributed by atoms with van der Waals surface area (Å²) in [6.45, 7) is 0. The summed E-state index contributed by atoms with van der Waals surface area (Å²) < 4.78 is 152. The van der Waals surface area contributed by atoms with Crippen molar-refractivity contribution in [1.29, 1.82) is 0 Å². The molecule has 0 aromatic heterocycles. The van der Waals surface area contributed by atoms with Crippen LogP contribution in [0.2, 0.25) is 0 Å². The molecule has 5 nitrogen and oxygen atoms in total. The van der Waals surface area contributed by atoms with Crippen LogP contribution in [0.3, 0.4) is 0 Å². The molecule has 0 aliphatic heterocycles. The molecule has 1 N–H and O–H groups in total. The lowest BCUT2D eigenvalue weighted by molar-refractivity contribution is -0.489. The van der Waals surface area contributed by atoms with Crippen LogP contribution in [0.15, 0.2) is 0 Å². The van der Waals surface area contributed by atoms with Gasteiger partial charge in [0.1, 0.15) is 0 Å². The first-order valence-corrected chi connectivity index (χ1v) is 5.47. The van der Waals surface area contributed by atoms with Crippen LogP contribution < -0.4 is 0 Å². The van der Waals surface area contributed by atoms with Gasteiger partial charge >= 0.3 is 34.0 Å². The first kappa shape index (κ1) is 20.1. The van der Waals surface area contributed by atoms with Gasteiger partial charge in [0.15, 0.2) is 0 Å². The second-order valence-electron chi connectivity index (χ2n) is 3.05. The van der Waals surface area contributed by atoms with E-state index in [4.69, 9.17) is 4.55 Å². The van der Waals surface area contributed by atoms with Crippen LogP contribution >= 0.6 is 0 Å². The molecule has 0 aliphatic rings. The Morgan fingerprint density at radius 1 is 0.857 bits per heavy atom. The molecule has 128 valence electrons. The quantitative estimate of drug-likeness (QED) is 0.579. The third-order valence-corrected chi connectivity index (χ3v) is 2.08. The Bertz CT molecular complexity index is 469. The van der Waals surface area contributed by atoms with Gasteiger partial charge in [-0.1, -0.05) is 0 Å². The number of hydrogen-bond donors (Lipinski definition) is 1. The maximum Gasteiger partial charge on any atom is 0.492 e. The molecule has 0 aromatic rings. The van der Waals surface area contributed by atoms with Gasteiger partial charge in [-0.15, -0.1) is 0 Å². The molecule has 0 saturated heterocycles. The molecular weight excluding hydrogens is 362 g/mol. The third-order valence-electron chi connectivity index (χ3n) is 1.39. The molecule has 0 spiro atoms. The molecule has 0 rings (SSSR count). The molecule has 1 atom stereocenters. The maximum atomic E-state index is 12.5. The lowest BCUT2D eigenvalue weighted by Crippen LogP contribution is -2.53. The standard InChI is InChI=1S/C5H2F10O5S/c6-1(2(7,8)9)19-3(10,11)4(12,13)20-5(14,15)21(16,17)18/h1H,(H,16,17,18). The number of hydrogen-bond acceptors (Lipinski definition) is 4. The van der Waals surface area contributed by atoms with Crippen LogP contribution in [0, 0.1) is 0 Å². The topological polar surface area (TPSA) is 72.8 Å². The van der Waals surface area contributed by atoms with Crippen LogP contribution in [0.25, 0.3) is 0 Å². The highest BCUT2D eigenvalue weighted by atomic mass is 32.2. The largest absolute Gasteiger partial charge is 0.492 e. The Morgan fingerprint density at radius 2 is 1.24 bits per heavy atom. The molecule has 0 heterocycles. The highest BCUT2D eigenvalue weighted by molar-refractivity contribution is 7.86. The van der Waals surface area contributed by atoms with Crippen LogP contribution in [-0.4, -0.2) is 43.2 Å². The highest BCUT2D eigenvalue weighted by Gasteiger charge is 2.69. The summed E-state index contributed by atoms with van der Waals surface area (Å²) in [5.74, 6) is 0. The van der Waals surface area contributed by atoms with Gasteiger partial charge in [-0.25, -0.2) is 9.13 Å². The van der Waals surface area contributed by atoms with E-state index >= 15 is 0 Å². The Hall–Kier alpha value is -0.870. The van der Waals surface area contributed by atoms with Crippen molar-refractivity contribution in [2.75, 3.05) is 0 Å². The predicted octanol–water partition coefficient (Wildman–Crippen LogP) is 2.50. The van der Waals surface area contributed by atoms with E-state index in [0.717, 1.165) is 0 Å². The number of rotatable bonds is 6. The minimum Gasteiger partial charge on any atom is -0.279 e. The van der Waals surface area contributed by atoms with Crippen LogP contribution in [-0.2, 0) is 19.6 Å². The lowest BCUT2D eigenvalue weighted by atomic mass is 10.5. The fourth-order valence-electron chi connectivity index (χ4n) is 0.527. The summed E-state index contributed by atoms with van der Waals surface area (Å²) >= 11 is 0. The molecule has 0 aromatic carbocycles. The van der Waals surface area contributed by atoms with Gasteiger partial charge in [0.2, 0.25) is 0 Å². The van der Waals surface area contributed by atoms with Gasteiger partial charge in [-0.05, 0) is 0 Å². The minimum atomic E-state index is -6.79. The van der Waals surface area contributed by atoms with E-state index in [1.54, 1.807) is 4.74 Å². The van der Waals surface area contributed by atoms with Gasteiger partial charge in [-0.2, -0.15) is 47.9 Å². The van der Waals surface area contributed by atoms with Crippen molar-refractivity contribution in [3.8, 4) is 0 Å². The second-order valence-corrected chi connectivity index (χ2v) is 4.47. The molecule has 0 aliphatic carbocycles. The second kappa shape index (κ2) is 5.40. The van der Waals surface area contributed by atoms with Crippen molar-refractivity contribution < 1.29 is 66.3 Å². The Balaban J connectivity index is 5.31. The molecule has 16 heteroatoms. The number of ether oxygens (including phenoxy) is 2. The molecular formula is C5H2F10O5S. The summed E-state index contributed by atoms with van der Waals surface area (Å²) in [6.07, 6.45) is -24.6. The van der Waals surface area contributed by atoms with E-state index < -0.39 is 40.3 Å². The van der Waals surface area contributed by atoms with E-state index in [1.807, 2.05) is 4.74 Å². The van der Waals surface area contributed by atoms with E-state index in [0.29, 0.717) is 0 Å². The average molecular weight is 364 g/mol. The average Bonchev–Trinajstić information content (AvgIpc) is 2.10. The van der Waals surface area contributed by atoms with Gasteiger partial charge in [-0.3, -0.25) is 9.29 Å². The monoisotopic (exact) mass is 364 g/mol. The SMILES string of the molecule is O=S(=O)(O)C(F)(F)OC(F)(F)C(F)(F)OC(F)C(F)(F)F. The van der Waals surface area contributed by atoms with Crippen molar-refractivity contribution in [2.24, 2.45) is 0 Å². The van der Waals surface area contributed by atoms with Crippen LogP contribution in [0.1, 0.15) is 0 Å². The zero-order valence-corrected chi connectivity index (χ0v) is 9.66. The summed E-state index contributed by atoms with van der Waals surface area (Å²) in [4.78, 5) is 0. The predicted molar refractivity (Wildman–Crippen MR) is 39.5 cm³/mol. The number of halogens is 10. The summed E-state index contributed by atoms with van der Waals surface area (Å²) in [6, 6.07) is 0. The molecule has 0 fully saturated rings. The summed E-state index contributed by atoms with van der Waals surface area (Å²) in [5, 5.41) is 0. The van der Waals surface area contributed by atoms with Crippen LogP contribution in [0.5, 0.6) is 0 Å². The van der Waals surface area contributed by atoms with Crippen molar-refractivity contribution in [2.45, 2.75) is 30.2 Å². The van der Waals surface area contributed by atoms with Crippen molar-refractivity contribution in [3.63, 3.8) is 0 Å².